The molecule has 1 atom stereocenters. The van der Waals surface area contributed by atoms with Gasteiger partial charge in [0.2, 0.25) is 0 Å². The molecule has 1 saturated heterocycles. The molecule has 4 heteroatoms. The van der Waals surface area contributed by atoms with Gasteiger partial charge in [-0.1, -0.05) is 66.6 Å². The first-order valence-electron chi connectivity index (χ1n) is 11.4. The zero-order valence-corrected chi connectivity index (χ0v) is 18.4. The highest BCUT2D eigenvalue weighted by Crippen LogP contribution is 2.41. The first-order valence-corrected chi connectivity index (χ1v) is 11.4. The lowest BCUT2D eigenvalue weighted by Gasteiger charge is -2.34. The summed E-state index contributed by atoms with van der Waals surface area (Å²) in [5.74, 6) is 0.683. The molecule has 3 aromatic carbocycles. The highest BCUT2D eigenvalue weighted by atomic mass is 16.3. The monoisotopic (exact) mass is 424 g/mol. The van der Waals surface area contributed by atoms with Gasteiger partial charge in [0.25, 0.3) is 5.91 Å². The SMILES string of the molecule is Cc1ccc(C(=O)Nc2c([C@@H](c3ccccc3)N3CCCCC3)oc3ccccc23)cc1. The first kappa shape index (κ1) is 20.5. The van der Waals surface area contributed by atoms with E-state index in [0.29, 0.717) is 5.56 Å². The third-order valence-electron chi connectivity index (χ3n) is 6.29. The Morgan fingerprint density at radius 2 is 1.56 bits per heavy atom. The second kappa shape index (κ2) is 9.01. The van der Waals surface area contributed by atoms with E-state index in [2.05, 4.69) is 34.5 Å². The summed E-state index contributed by atoms with van der Waals surface area (Å²) in [5.41, 5.74) is 4.51. The summed E-state index contributed by atoms with van der Waals surface area (Å²) in [7, 11) is 0. The zero-order valence-electron chi connectivity index (χ0n) is 18.4. The number of fused-ring (bicyclic) bond motifs is 1. The predicted octanol–water partition coefficient (Wildman–Crippen LogP) is 6.57. The molecule has 32 heavy (non-hydrogen) atoms. The van der Waals surface area contributed by atoms with Gasteiger partial charge in [0.05, 0.1) is 11.7 Å². The van der Waals surface area contributed by atoms with Crippen molar-refractivity contribution in [3.8, 4) is 0 Å². The van der Waals surface area contributed by atoms with Crippen molar-refractivity contribution in [2.45, 2.75) is 32.2 Å². The van der Waals surface area contributed by atoms with Crippen LogP contribution in [0.4, 0.5) is 5.69 Å². The standard InChI is InChI=1S/C28H28N2O2/c1-20-14-16-22(17-15-20)28(31)29-25-23-12-6-7-13-24(23)32-27(25)26(21-10-4-2-5-11-21)30-18-8-3-9-19-30/h2,4-7,10-17,26H,3,8-9,18-19H2,1H3,(H,29,31)/t26-/m1/s1. The van der Waals surface area contributed by atoms with Crippen LogP contribution in [0.15, 0.2) is 83.3 Å². The first-order chi connectivity index (χ1) is 15.7. The molecule has 4 nitrogen and oxygen atoms in total. The van der Waals surface area contributed by atoms with Gasteiger partial charge in [0, 0.05) is 10.9 Å². The lowest BCUT2D eigenvalue weighted by Crippen LogP contribution is -2.34. The molecule has 162 valence electrons. The minimum Gasteiger partial charge on any atom is -0.457 e. The summed E-state index contributed by atoms with van der Waals surface area (Å²) < 4.78 is 6.47. The second-order valence-corrected chi connectivity index (χ2v) is 8.57. The molecular weight excluding hydrogens is 396 g/mol. The third kappa shape index (κ3) is 4.06. The van der Waals surface area contributed by atoms with Crippen molar-refractivity contribution in [1.29, 1.82) is 0 Å². The van der Waals surface area contributed by atoms with Crippen LogP contribution in [0.3, 0.4) is 0 Å². The number of amides is 1. The van der Waals surface area contributed by atoms with Crippen molar-refractivity contribution in [1.82, 2.24) is 4.90 Å². The maximum atomic E-state index is 13.2. The number of rotatable bonds is 5. The Morgan fingerprint density at radius 1 is 0.875 bits per heavy atom. The van der Waals surface area contributed by atoms with Crippen LogP contribution in [-0.2, 0) is 0 Å². The molecule has 1 aliphatic rings. The minimum atomic E-state index is -0.122. The normalized spacial score (nSPS) is 15.5. The average Bonchev–Trinajstić information content (AvgIpc) is 3.19. The maximum Gasteiger partial charge on any atom is 0.255 e. The van der Waals surface area contributed by atoms with Crippen molar-refractivity contribution in [2.24, 2.45) is 0 Å². The summed E-state index contributed by atoms with van der Waals surface area (Å²) in [6.45, 7) is 4.05. The van der Waals surface area contributed by atoms with E-state index in [0.717, 1.165) is 41.1 Å². The van der Waals surface area contributed by atoms with Gasteiger partial charge in [-0.25, -0.2) is 0 Å². The fourth-order valence-electron chi connectivity index (χ4n) is 4.62. The van der Waals surface area contributed by atoms with E-state index < -0.39 is 0 Å². The Labute approximate surface area is 188 Å². The molecular formula is C28H28N2O2. The minimum absolute atomic E-state index is 0.0442. The number of benzene rings is 3. The fourth-order valence-corrected chi connectivity index (χ4v) is 4.62. The Morgan fingerprint density at radius 3 is 2.31 bits per heavy atom. The molecule has 1 fully saturated rings. The number of furan rings is 1. The van der Waals surface area contributed by atoms with Crippen molar-refractivity contribution >= 4 is 22.6 Å². The molecule has 0 bridgehead atoms. The molecule has 2 heterocycles. The average molecular weight is 425 g/mol. The topological polar surface area (TPSA) is 45.5 Å². The van der Waals surface area contributed by atoms with Crippen molar-refractivity contribution in [3.63, 3.8) is 0 Å². The van der Waals surface area contributed by atoms with Crippen LogP contribution in [0.25, 0.3) is 11.0 Å². The number of likely N-dealkylation sites (tertiary alicyclic amines) is 1. The molecule has 0 unspecified atom stereocenters. The number of carbonyl (C=O) groups is 1. The molecule has 5 rings (SSSR count). The van der Waals surface area contributed by atoms with E-state index in [4.69, 9.17) is 4.42 Å². The van der Waals surface area contributed by atoms with Crippen LogP contribution in [0.5, 0.6) is 0 Å². The smallest absolute Gasteiger partial charge is 0.255 e. The molecule has 1 aliphatic heterocycles. The predicted molar refractivity (Wildman–Crippen MR) is 129 cm³/mol. The van der Waals surface area contributed by atoms with Crippen LogP contribution < -0.4 is 5.32 Å². The Kier molecular flexibility index (Phi) is 5.78. The van der Waals surface area contributed by atoms with E-state index in [1.807, 2.05) is 61.5 Å². The van der Waals surface area contributed by atoms with Gasteiger partial charge in [-0.15, -0.1) is 0 Å². The quantitative estimate of drug-likeness (QED) is 0.394. The molecule has 1 amide bonds. The van der Waals surface area contributed by atoms with Crippen LogP contribution in [0, 0.1) is 6.92 Å². The van der Waals surface area contributed by atoms with Gasteiger partial charge in [-0.2, -0.15) is 0 Å². The number of hydrogen-bond donors (Lipinski definition) is 1. The molecule has 4 aromatic rings. The fraction of sp³-hybridized carbons (Fsp3) is 0.250. The number of para-hydroxylation sites is 1. The highest BCUT2D eigenvalue weighted by Gasteiger charge is 2.31. The molecule has 1 N–H and O–H groups in total. The Bertz CT molecular complexity index is 1210. The van der Waals surface area contributed by atoms with E-state index in [1.54, 1.807) is 0 Å². The highest BCUT2D eigenvalue weighted by molar-refractivity contribution is 6.09. The summed E-state index contributed by atoms with van der Waals surface area (Å²) in [5, 5.41) is 4.13. The molecule has 0 spiro atoms. The van der Waals surface area contributed by atoms with Gasteiger partial charge >= 0.3 is 0 Å². The number of hydrogen-bond acceptors (Lipinski definition) is 3. The molecule has 1 aromatic heterocycles. The molecule has 0 aliphatic carbocycles. The van der Waals surface area contributed by atoms with Crippen LogP contribution >= 0.6 is 0 Å². The summed E-state index contributed by atoms with van der Waals surface area (Å²) in [6.07, 6.45) is 3.61. The summed E-state index contributed by atoms with van der Waals surface area (Å²) in [4.78, 5) is 15.7. The van der Waals surface area contributed by atoms with Crippen molar-refractivity contribution in [3.05, 3.63) is 101 Å². The van der Waals surface area contributed by atoms with Crippen molar-refractivity contribution in [2.75, 3.05) is 18.4 Å². The number of aryl methyl sites for hydroxylation is 1. The van der Waals surface area contributed by atoms with Crippen LogP contribution in [-0.4, -0.2) is 23.9 Å². The number of nitrogens with zero attached hydrogens (tertiary/aromatic N) is 1. The summed E-state index contributed by atoms with van der Waals surface area (Å²) >= 11 is 0. The Balaban J connectivity index is 1.61. The van der Waals surface area contributed by atoms with E-state index in [1.165, 1.54) is 24.8 Å². The Hall–Kier alpha value is -3.37. The molecule has 0 saturated carbocycles. The number of nitrogens with one attached hydrogen (secondary N) is 1. The van der Waals surface area contributed by atoms with E-state index in [-0.39, 0.29) is 11.9 Å². The van der Waals surface area contributed by atoms with Gasteiger partial charge in [0.15, 0.2) is 0 Å². The van der Waals surface area contributed by atoms with E-state index >= 15 is 0 Å². The zero-order chi connectivity index (χ0) is 21.9. The lowest BCUT2D eigenvalue weighted by molar-refractivity contribution is 0.102. The van der Waals surface area contributed by atoms with E-state index in [9.17, 15) is 4.79 Å². The van der Waals surface area contributed by atoms with Crippen LogP contribution in [0.1, 0.15) is 52.5 Å². The van der Waals surface area contributed by atoms with Crippen molar-refractivity contribution < 1.29 is 9.21 Å². The summed E-state index contributed by atoms with van der Waals surface area (Å²) in [6, 6.07) is 26.0. The van der Waals surface area contributed by atoms with Gasteiger partial charge < -0.3 is 9.73 Å². The number of piperidine rings is 1. The van der Waals surface area contributed by atoms with Gasteiger partial charge in [-0.05, 0) is 62.7 Å². The molecule has 0 radical (unpaired) electrons. The van der Waals surface area contributed by atoms with Crippen LogP contribution in [0.2, 0.25) is 0 Å². The lowest BCUT2D eigenvalue weighted by atomic mass is 9.98. The third-order valence-corrected chi connectivity index (χ3v) is 6.29. The largest absolute Gasteiger partial charge is 0.457 e. The number of anilines is 1. The maximum absolute atomic E-state index is 13.2. The van der Waals surface area contributed by atoms with Gasteiger partial charge in [0.1, 0.15) is 11.3 Å². The number of carbonyl (C=O) groups excluding carboxylic acids is 1. The van der Waals surface area contributed by atoms with Gasteiger partial charge in [-0.3, -0.25) is 9.69 Å². The second-order valence-electron chi connectivity index (χ2n) is 8.57.